The van der Waals surface area contributed by atoms with E-state index < -0.39 is 29.3 Å². The Labute approximate surface area is 165 Å². The minimum Gasteiger partial charge on any atom is -0.405 e. The quantitative estimate of drug-likeness (QED) is 0.574. The molecular formula is C17H15F3N6O4. The van der Waals surface area contributed by atoms with Gasteiger partial charge in [-0.2, -0.15) is 5.10 Å². The molecule has 0 fully saturated rings. The Morgan fingerprint density at radius 2 is 1.97 bits per heavy atom. The first-order valence-corrected chi connectivity index (χ1v) is 8.51. The van der Waals surface area contributed by atoms with Gasteiger partial charge in [0.25, 0.3) is 11.5 Å². The zero-order valence-corrected chi connectivity index (χ0v) is 15.2. The Hall–Kier alpha value is -3.90. The molecule has 0 unspecified atom stereocenters. The van der Waals surface area contributed by atoms with Crippen LogP contribution in [-0.2, 0) is 19.6 Å². The minimum absolute atomic E-state index is 0.00157. The second kappa shape index (κ2) is 8.63. The number of alkyl halides is 3. The van der Waals surface area contributed by atoms with Gasteiger partial charge in [0.05, 0.1) is 13.1 Å². The number of hydrogen-bond acceptors (Lipinski definition) is 6. The van der Waals surface area contributed by atoms with Crippen molar-refractivity contribution in [2.45, 2.75) is 26.0 Å². The highest BCUT2D eigenvalue weighted by Crippen LogP contribution is 2.26. The molecule has 2 heterocycles. The molecule has 30 heavy (non-hydrogen) atoms. The van der Waals surface area contributed by atoms with Crippen LogP contribution in [0.2, 0.25) is 0 Å². The molecule has 1 aromatic carbocycles. The van der Waals surface area contributed by atoms with E-state index in [4.69, 9.17) is 0 Å². The fourth-order valence-electron chi connectivity index (χ4n) is 2.55. The van der Waals surface area contributed by atoms with E-state index in [1.54, 1.807) is 0 Å². The maximum absolute atomic E-state index is 12.5. The lowest BCUT2D eigenvalue weighted by atomic mass is 10.2. The van der Waals surface area contributed by atoms with Crippen molar-refractivity contribution in [3.8, 4) is 5.75 Å². The number of aryl methyl sites for hydroxylation is 1. The molecule has 0 saturated carbocycles. The summed E-state index contributed by atoms with van der Waals surface area (Å²) in [6.07, 6.45) is -2.16. The van der Waals surface area contributed by atoms with E-state index in [0.717, 1.165) is 16.7 Å². The second-order valence-corrected chi connectivity index (χ2v) is 5.97. The average molecular weight is 424 g/mol. The van der Waals surface area contributed by atoms with Gasteiger partial charge in [0.15, 0.2) is 0 Å². The van der Waals surface area contributed by atoms with Gasteiger partial charge in [-0.1, -0.05) is 18.2 Å². The topological polar surface area (TPSA) is 124 Å². The Balaban J connectivity index is 1.69. The average Bonchev–Trinajstić information content (AvgIpc) is 3.18. The lowest BCUT2D eigenvalue weighted by molar-refractivity contribution is -0.274. The number of rotatable bonds is 7. The van der Waals surface area contributed by atoms with Gasteiger partial charge in [0.2, 0.25) is 0 Å². The van der Waals surface area contributed by atoms with Crippen molar-refractivity contribution in [2.24, 2.45) is 0 Å². The number of carbonyl (C=O) groups excluding carboxylic acids is 1. The molecule has 0 atom stereocenters. The zero-order chi connectivity index (χ0) is 21.7. The number of aromatic amines is 1. The number of carbonyl (C=O) groups is 1. The van der Waals surface area contributed by atoms with E-state index in [-0.39, 0.29) is 30.9 Å². The van der Waals surface area contributed by atoms with Gasteiger partial charge in [-0.05, 0) is 6.07 Å². The van der Waals surface area contributed by atoms with Crippen LogP contribution in [0.5, 0.6) is 5.75 Å². The number of benzene rings is 1. The van der Waals surface area contributed by atoms with Crippen molar-refractivity contribution in [3.05, 3.63) is 75.1 Å². The van der Waals surface area contributed by atoms with E-state index in [1.165, 1.54) is 35.5 Å². The standard InChI is InChI=1S/C17H15F3N6O4/c18-17(19,20)30-13-4-2-1-3-11(13)8-22-15(28)12-7-14(27)26(16(29)24-12)6-5-25-10-21-9-23-25/h1-4,7,9-10H,5-6,8H2,(H,22,28)(H,24,29). The number of ether oxygens (including phenoxy) is 1. The minimum atomic E-state index is -4.89. The SMILES string of the molecule is O=C(NCc1ccccc1OC(F)(F)F)c1cc(=O)n(CCn2cncn2)c(=O)[nH]1. The van der Waals surface area contributed by atoms with E-state index in [1.807, 2.05) is 0 Å². The lowest BCUT2D eigenvalue weighted by Gasteiger charge is -2.13. The number of nitrogens with one attached hydrogen (secondary N) is 2. The Bertz CT molecular complexity index is 1110. The monoisotopic (exact) mass is 424 g/mol. The Morgan fingerprint density at radius 1 is 1.20 bits per heavy atom. The maximum Gasteiger partial charge on any atom is 0.573 e. The highest BCUT2D eigenvalue weighted by molar-refractivity contribution is 5.92. The summed E-state index contributed by atoms with van der Waals surface area (Å²) in [7, 11) is 0. The van der Waals surface area contributed by atoms with Crippen LogP contribution in [0.1, 0.15) is 16.1 Å². The summed E-state index contributed by atoms with van der Waals surface area (Å²) in [6, 6.07) is 6.20. The molecule has 2 N–H and O–H groups in total. The molecule has 0 aliphatic heterocycles. The van der Waals surface area contributed by atoms with Gasteiger partial charge in [-0.25, -0.2) is 9.78 Å². The Kier molecular flexibility index (Phi) is 5.99. The van der Waals surface area contributed by atoms with Crippen molar-refractivity contribution >= 4 is 5.91 Å². The van der Waals surface area contributed by atoms with Crippen molar-refractivity contribution in [2.75, 3.05) is 0 Å². The molecule has 0 aliphatic carbocycles. The number of para-hydroxylation sites is 1. The van der Waals surface area contributed by atoms with Crippen LogP contribution in [0.4, 0.5) is 13.2 Å². The van der Waals surface area contributed by atoms with Crippen LogP contribution in [0.25, 0.3) is 0 Å². The predicted molar refractivity (Wildman–Crippen MR) is 95.6 cm³/mol. The lowest BCUT2D eigenvalue weighted by Crippen LogP contribution is -2.39. The van der Waals surface area contributed by atoms with E-state index in [2.05, 4.69) is 25.1 Å². The largest absolute Gasteiger partial charge is 0.573 e. The van der Waals surface area contributed by atoms with E-state index in [0.29, 0.717) is 0 Å². The normalized spacial score (nSPS) is 11.3. The maximum atomic E-state index is 12.5. The van der Waals surface area contributed by atoms with Gasteiger partial charge < -0.3 is 15.0 Å². The summed E-state index contributed by atoms with van der Waals surface area (Å²) in [5, 5.41) is 6.19. The number of halogens is 3. The first-order chi connectivity index (χ1) is 14.2. The Morgan fingerprint density at radius 3 is 2.63 bits per heavy atom. The third-order valence-corrected chi connectivity index (χ3v) is 3.92. The highest BCUT2D eigenvalue weighted by Gasteiger charge is 2.32. The summed E-state index contributed by atoms with van der Waals surface area (Å²) < 4.78 is 43.6. The molecule has 2 aromatic heterocycles. The van der Waals surface area contributed by atoms with Crippen LogP contribution in [-0.4, -0.2) is 36.6 Å². The van der Waals surface area contributed by atoms with Crippen molar-refractivity contribution in [1.29, 1.82) is 0 Å². The molecule has 0 saturated heterocycles. The van der Waals surface area contributed by atoms with Crippen LogP contribution in [0, 0.1) is 0 Å². The molecule has 0 spiro atoms. The van der Waals surface area contributed by atoms with Gasteiger partial charge in [-0.15, -0.1) is 13.2 Å². The van der Waals surface area contributed by atoms with E-state index in [9.17, 15) is 27.6 Å². The van der Waals surface area contributed by atoms with E-state index >= 15 is 0 Å². The fourth-order valence-corrected chi connectivity index (χ4v) is 2.55. The van der Waals surface area contributed by atoms with Crippen LogP contribution in [0.3, 0.4) is 0 Å². The van der Waals surface area contributed by atoms with Crippen molar-refractivity contribution in [3.63, 3.8) is 0 Å². The summed E-state index contributed by atoms with van der Waals surface area (Å²) >= 11 is 0. The van der Waals surface area contributed by atoms with Crippen LogP contribution >= 0.6 is 0 Å². The number of nitrogens with zero attached hydrogens (tertiary/aromatic N) is 4. The molecular weight excluding hydrogens is 409 g/mol. The first kappa shape index (κ1) is 20.8. The van der Waals surface area contributed by atoms with Crippen LogP contribution in [0.15, 0.2) is 52.6 Å². The summed E-state index contributed by atoms with van der Waals surface area (Å²) in [5.74, 6) is -1.31. The molecule has 1 amide bonds. The number of H-pyrrole nitrogens is 1. The second-order valence-electron chi connectivity index (χ2n) is 5.97. The fraction of sp³-hybridized carbons (Fsp3) is 0.235. The molecule has 0 radical (unpaired) electrons. The molecule has 3 aromatic rings. The predicted octanol–water partition coefficient (Wildman–Crippen LogP) is 0.657. The zero-order valence-electron chi connectivity index (χ0n) is 15.2. The summed E-state index contributed by atoms with van der Waals surface area (Å²) in [6.45, 7) is -0.103. The summed E-state index contributed by atoms with van der Waals surface area (Å²) in [4.78, 5) is 42.6. The van der Waals surface area contributed by atoms with Gasteiger partial charge in [0, 0.05) is 18.2 Å². The number of amides is 1. The molecule has 0 bridgehead atoms. The molecule has 13 heteroatoms. The van der Waals surface area contributed by atoms with Crippen molar-refractivity contribution in [1.82, 2.24) is 29.6 Å². The third kappa shape index (κ3) is 5.33. The number of aromatic nitrogens is 5. The van der Waals surface area contributed by atoms with Crippen LogP contribution < -0.4 is 21.3 Å². The smallest absolute Gasteiger partial charge is 0.405 e. The molecule has 3 rings (SSSR count). The first-order valence-electron chi connectivity index (χ1n) is 8.51. The van der Waals surface area contributed by atoms with Gasteiger partial charge in [0.1, 0.15) is 24.1 Å². The molecule has 0 aliphatic rings. The number of hydrogen-bond donors (Lipinski definition) is 2. The van der Waals surface area contributed by atoms with Gasteiger partial charge in [-0.3, -0.25) is 18.8 Å². The third-order valence-electron chi connectivity index (χ3n) is 3.92. The van der Waals surface area contributed by atoms with Gasteiger partial charge >= 0.3 is 12.1 Å². The van der Waals surface area contributed by atoms with Crippen molar-refractivity contribution < 1.29 is 22.7 Å². The molecule has 10 nitrogen and oxygen atoms in total. The summed E-state index contributed by atoms with van der Waals surface area (Å²) in [5.41, 5.74) is -1.79. The molecule has 158 valence electrons. The highest BCUT2D eigenvalue weighted by atomic mass is 19.4.